The SMILES string of the molecule is O=C(c1cccnc1Oc1ccccc1)c1cc(=O)n(-c2ccccc2)n1C=Cc1ccccc1. The number of ether oxygens (including phenoxy) is 1. The first-order valence-corrected chi connectivity index (χ1v) is 11.1. The Kier molecular flexibility index (Phi) is 6.17. The number of nitrogens with zero attached hydrogens (tertiary/aromatic N) is 3. The quantitative estimate of drug-likeness (QED) is 0.294. The smallest absolute Gasteiger partial charge is 0.272 e. The molecule has 35 heavy (non-hydrogen) atoms. The lowest BCUT2D eigenvalue weighted by Crippen LogP contribution is -2.19. The van der Waals surface area contributed by atoms with Gasteiger partial charge in [0.1, 0.15) is 11.4 Å². The normalized spacial score (nSPS) is 11.0. The Balaban J connectivity index is 1.62. The topological polar surface area (TPSA) is 66.1 Å². The van der Waals surface area contributed by atoms with Crippen molar-refractivity contribution in [3.63, 3.8) is 0 Å². The molecule has 0 atom stereocenters. The Morgan fingerprint density at radius 2 is 1.46 bits per heavy atom. The Labute approximate surface area is 202 Å². The Morgan fingerprint density at radius 3 is 2.17 bits per heavy atom. The molecule has 2 aromatic heterocycles. The average molecular weight is 460 g/mol. The minimum Gasteiger partial charge on any atom is -0.438 e. The lowest BCUT2D eigenvalue weighted by atomic mass is 10.1. The molecule has 0 radical (unpaired) electrons. The lowest BCUT2D eigenvalue weighted by molar-refractivity contribution is 0.102. The number of pyridine rings is 1. The predicted octanol–water partition coefficient (Wildman–Crippen LogP) is 5.69. The summed E-state index contributed by atoms with van der Waals surface area (Å²) >= 11 is 0. The summed E-state index contributed by atoms with van der Waals surface area (Å²) in [6, 6.07) is 32.6. The number of carbonyl (C=O) groups is 1. The fraction of sp³-hybridized carbons (Fsp3) is 0. The number of carbonyl (C=O) groups excluding carboxylic acids is 1. The molecule has 0 fully saturated rings. The van der Waals surface area contributed by atoms with Crippen LogP contribution < -0.4 is 10.3 Å². The second-order valence-corrected chi connectivity index (χ2v) is 7.69. The van der Waals surface area contributed by atoms with Gasteiger partial charge < -0.3 is 4.74 Å². The van der Waals surface area contributed by atoms with Gasteiger partial charge in [-0.1, -0.05) is 66.7 Å². The molecule has 0 aliphatic heterocycles. The largest absolute Gasteiger partial charge is 0.438 e. The van der Waals surface area contributed by atoms with Crippen LogP contribution >= 0.6 is 0 Å². The highest BCUT2D eigenvalue weighted by Crippen LogP contribution is 2.25. The maximum atomic E-state index is 13.8. The molecule has 0 saturated carbocycles. The van der Waals surface area contributed by atoms with Crippen LogP contribution in [-0.2, 0) is 0 Å². The summed E-state index contributed by atoms with van der Waals surface area (Å²) in [6.07, 6.45) is 5.12. The molecule has 6 nitrogen and oxygen atoms in total. The van der Waals surface area contributed by atoms with E-state index in [2.05, 4.69) is 4.98 Å². The molecular weight excluding hydrogens is 438 g/mol. The number of ketones is 1. The Morgan fingerprint density at radius 1 is 0.800 bits per heavy atom. The van der Waals surface area contributed by atoms with Crippen molar-refractivity contribution >= 4 is 18.1 Å². The van der Waals surface area contributed by atoms with Gasteiger partial charge in [0.15, 0.2) is 0 Å². The third-order valence-electron chi connectivity index (χ3n) is 5.35. The average Bonchev–Trinajstić information content (AvgIpc) is 3.25. The van der Waals surface area contributed by atoms with Crippen LogP contribution in [0.2, 0.25) is 0 Å². The fourth-order valence-corrected chi connectivity index (χ4v) is 3.70. The lowest BCUT2D eigenvalue weighted by Gasteiger charge is -2.12. The van der Waals surface area contributed by atoms with E-state index in [4.69, 9.17) is 4.74 Å². The molecule has 170 valence electrons. The first kappa shape index (κ1) is 21.9. The van der Waals surface area contributed by atoms with Crippen LogP contribution in [-0.4, -0.2) is 20.1 Å². The van der Waals surface area contributed by atoms with Gasteiger partial charge in [0, 0.05) is 18.5 Å². The number of aromatic nitrogens is 3. The summed E-state index contributed by atoms with van der Waals surface area (Å²) < 4.78 is 8.92. The highest BCUT2D eigenvalue weighted by Gasteiger charge is 2.23. The first-order valence-electron chi connectivity index (χ1n) is 11.1. The molecular formula is C29H21N3O3. The number of benzene rings is 3. The number of rotatable bonds is 7. The van der Waals surface area contributed by atoms with Crippen molar-refractivity contribution in [2.45, 2.75) is 0 Å². The van der Waals surface area contributed by atoms with Gasteiger partial charge in [-0.3, -0.25) is 9.59 Å². The Bertz CT molecular complexity index is 1540. The molecule has 0 unspecified atom stereocenters. The number of para-hydroxylation sites is 2. The van der Waals surface area contributed by atoms with E-state index in [0.717, 1.165) is 5.56 Å². The van der Waals surface area contributed by atoms with Crippen molar-refractivity contribution in [1.82, 2.24) is 14.3 Å². The van der Waals surface area contributed by atoms with Gasteiger partial charge in [-0.25, -0.2) is 14.3 Å². The minimum absolute atomic E-state index is 0.169. The molecule has 3 aromatic carbocycles. The van der Waals surface area contributed by atoms with Crippen LogP contribution in [0.25, 0.3) is 18.0 Å². The van der Waals surface area contributed by atoms with Crippen molar-refractivity contribution < 1.29 is 9.53 Å². The molecule has 0 aliphatic carbocycles. The molecule has 6 heteroatoms. The molecule has 0 amide bonds. The van der Waals surface area contributed by atoms with Gasteiger partial charge in [-0.05, 0) is 48.0 Å². The third-order valence-corrected chi connectivity index (χ3v) is 5.35. The zero-order chi connectivity index (χ0) is 24.0. The number of hydrogen-bond donors (Lipinski definition) is 0. The second kappa shape index (κ2) is 9.89. The van der Waals surface area contributed by atoms with Gasteiger partial charge in [0.25, 0.3) is 5.56 Å². The van der Waals surface area contributed by atoms with Gasteiger partial charge in [0.05, 0.1) is 11.3 Å². The fourth-order valence-electron chi connectivity index (χ4n) is 3.70. The minimum atomic E-state index is -0.381. The summed E-state index contributed by atoms with van der Waals surface area (Å²) in [4.78, 5) is 31.1. The van der Waals surface area contributed by atoms with Crippen molar-refractivity contribution in [2.75, 3.05) is 0 Å². The monoisotopic (exact) mass is 459 g/mol. The zero-order valence-electron chi connectivity index (χ0n) is 18.7. The van der Waals surface area contributed by atoms with E-state index in [0.29, 0.717) is 11.4 Å². The predicted molar refractivity (Wildman–Crippen MR) is 136 cm³/mol. The molecule has 5 rings (SSSR count). The molecule has 0 N–H and O–H groups in total. The highest BCUT2D eigenvalue weighted by atomic mass is 16.5. The van der Waals surface area contributed by atoms with Crippen molar-refractivity contribution in [2.24, 2.45) is 0 Å². The molecule has 0 spiro atoms. The summed E-state index contributed by atoms with van der Waals surface area (Å²) in [6.45, 7) is 0. The van der Waals surface area contributed by atoms with E-state index in [1.165, 1.54) is 10.7 Å². The van der Waals surface area contributed by atoms with E-state index in [-0.39, 0.29) is 28.5 Å². The molecule has 0 aliphatic rings. The van der Waals surface area contributed by atoms with E-state index < -0.39 is 0 Å². The van der Waals surface area contributed by atoms with Gasteiger partial charge in [0.2, 0.25) is 11.7 Å². The van der Waals surface area contributed by atoms with Gasteiger partial charge in [-0.2, -0.15) is 0 Å². The van der Waals surface area contributed by atoms with E-state index >= 15 is 0 Å². The van der Waals surface area contributed by atoms with Crippen LogP contribution in [0.15, 0.2) is 120 Å². The second-order valence-electron chi connectivity index (χ2n) is 7.69. The summed E-state index contributed by atoms with van der Waals surface area (Å²) in [5.41, 5.74) is 1.69. The Hall–Kier alpha value is -4.97. The van der Waals surface area contributed by atoms with Crippen molar-refractivity contribution in [3.8, 4) is 17.3 Å². The van der Waals surface area contributed by atoms with E-state index in [9.17, 15) is 9.59 Å². The number of hydrogen-bond acceptors (Lipinski definition) is 4. The molecule has 0 saturated heterocycles. The molecule has 0 bridgehead atoms. The third kappa shape index (κ3) is 4.72. The maximum absolute atomic E-state index is 13.8. The van der Waals surface area contributed by atoms with E-state index in [1.54, 1.807) is 41.3 Å². The molecule has 5 aromatic rings. The van der Waals surface area contributed by atoms with Crippen molar-refractivity contribution in [3.05, 3.63) is 143 Å². The summed E-state index contributed by atoms with van der Waals surface area (Å²) in [7, 11) is 0. The summed E-state index contributed by atoms with van der Waals surface area (Å²) in [5, 5.41) is 0. The highest BCUT2D eigenvalue weighted by molar-refractivity contribution is 6.09. The first-order chi connectivity index (χ1) is 17.2. The van der Waals surface area contributed by atoms with Crippen LogP contribution in [0.5, 0.6) is 11.6 Å². The standard InChI is InChI=1S/C29H21N3O3/c33-27-21-26(28(34)25-17-10-19-30-29(25)35-24-15-8-3-9-16-24)31(20-18-22-11-4-1-5-12-22)32(27)23-13-6-2-7-14-23/h1-21H. The van der Waals surface area contributed by atoms with Crippen LogP contribution in [0.4, 0.5) is 0 Å². The van der Waals surface area contributed by atoms with E-state index in [1.807, 2.05) is 84.9 Å². The van der Waals surface area contributed by atoms with Crippen LogP contribution in [0, 0.1) is 0 Å². The molecule has 2 heterocycles. The zero-order valence-corrected chi connectivity index (χ0v) is 18.7. The van der Waals surface area contributed by atoms with Gasteiger partial charge in [-0.15, -0.1) is 0 Å². The van der Waals surface area contributed by atoms with Crippen LogP contribution in [0.1, 0.15) is 21.6 Å². The summed E-state index contributed by atoms with van der Waals surface area (Å²) in [5.74, 6) is 0.346. The van der Waals surface area contributed by atoms with Crippen molar-refractivity contribution in [1.29, 1.82) is 0 Å². The maximum Gasteiger partial charge on any atom is 0.272 e. The van der Waals surface area contributed by atoms with Gasteiger partial charge >= 0.3 is 0 Å². The van der Waals surface area contributed by atoms with Crippen LogP contribution in [0.3, 0.4) is 0 Å².